The molecule has 1 atom stereocenters. The molecule has 0 N–H and O–H groups in total. The van der Waals surface area contributed by atoms with Gasteiger partial charge in [0.05, 0.1) is 14.6 Å². The highest BCUT2D eigenvalue weighted by molar-refractivity contribution is 7.91. The lowest BCUT2D eigenvalue weighted by atomic mass is 10.0. The van der Waals surface area contributed by atoms with E-state index in [1.165, 1.54) is 21.7 Å². The number of carbonyl (C=O) groups excluding carboxylic acids is 1. The van der Waals surface area contributed by atoms with Crippen LogP contribution in [0.2, 0.25) is 9.36 Å². The van der Waals surface area contributed by atoms with E-state index in [1.807, 2.05) is 19.1 Å². The molecule has 36 heavy (non-hydrogen) atoms. The Bertz CT molecular complexity index is 1340. The van der Waals surface area contributed by atoms with E-state index in [-0.39, 0.29) is 10.1 Å². The molecule has 0 radical (unpaired) electrons. The number of sulfonamides is 1. The molecule has 0 spiro atoms. The molecular weight excluding hydrogens is 559 g/mol. The Labute approximate surface area is 230 Å². The van der Waals surface area contributed by atoms with Crippen molar-refractivity contribution in [1.82, 2.24) is 14.2 Å². The van der Waals surface area contributed by atoms with Crippen molar-refractivity contribution in [3.05, 3.63) is 39.2 Å². The summed E-state index contributed by atoms with van der Waals surface area (Å²) < 4.78 is 29.9. The summed E-state index contributed by atoms with van der Waals surface area (Å²) in [5, 5.41) is 1.19. The van der Waals surface area contributed by atoms with Crippen LogP contribution in [-0.2, 0) is 14.8 Å². The molecular formula is C24H30Cl2N4O3S3. The third-order valence-corrected chi connectivity index (χ3v) is 11.7. The Hall–Kier alpha value is -1.27. The van der Waals surface area contributed by atoms with E-state index in [2.05, 4.69) is 18.7 Å². The zero-order chi connectivity index (χ0) is 26.0. The van der Waals surface area contributed by atoms with Crippen molar-refractivity contribution in [2.45, 2.75) is 50.3 Å². The van der Waals surface area contributed by atoms with Gasteiger partial charge in [0.15, 0.2) is 5.13 Å². The van der Waals surface area contributed by atoms with Crippen LogP contribution in [0.15, 0.2) is 28.5 Å². The minimum atomic E-state index is -3.85. The molecule has 1 amide bonds. The summed E-state index contributed by atoms with van der Waals surface area (Å²) in [6.07, 6.45) is 1.96. The lowest BCUT2D eigenvalue weighted by molar-refractivity contribution is -0.123. The van der Waals surface area contributed by atoms with Crippen molar-refractivity contribution < 1.29 is 13.2 Å². The third-order valence-electron chi connectivity index (χ3n) is 6.62. The first-order valence-corrected chi connectivity index (χ1v) is 15.9. The standard InChI is InChI=1S/C24H30Cl2N4O3S3/c1-4-28(5-2)14-15-29(24-27-22-16(3)17(25)9-10-19(22)34-24)23(31)18-8-6-7-13-30(18)36(32,33)21-12-11-20(26)35-21/h9-12,18H,4-8,13-15H2,1-3H3. The number of likely N-dealkylation sites (N-methyl/N-ethyl adjacent to an activating group) is 1. The van der Waals surface area contributed by atoms with Gasteiger partial charge in [-0.1, -0.05) is 54.8 Å². The van der Waals surface area contributed by atoms with E-state index in [4.69, 9.17) is 28.2 Å². The molecule has 1 unspecified atom stereocenters. The van der Waals surface area contributed by atoms with Gasteiger partial charge in [-0.2, -0.15) is 4.31 Å². The van der Waals surface area contributed by atoms with Gasteiger partial charge in [0.25, 0.3) is 10.0 Å². The van der Waals surface area contributed by atoms with Crippen LogP contribution < -0.4 is 4.90 Å². The Morgan fingerprint density at radius 3 is 2.53 bits per heavy atom. The quantitative estimate of drug-likeness (QED) is 0.311. The highest BCUT2D eigenvalue weighted by Crippen LogP contribution is 2.36. The van der Waals surface area contributed by atoms with Gasteiger partial charge in [-0.3, -0.25) is 9.69 Å². The zero-order valence-corrected chi connectivity index (χ0v) is 24.5. The van der Waals surface area contributed by atoms with Gasteiger partial charge in [0.2, 0.25) is 5.91 Å². The normalized spacial score (nSPS) is 17.2. The number of fused-ring (bicyclic) bond motifs is 1. The zero-order valence-electron chi connectivity index (χ0n) is 20.5. The van der Waals surface area contributed by atoms with Gasteiger partial charge < -0.3 is 4.90 Å². The second kappa shape index (κ2) is 11.6. The number of aryl methyl sites for hydroxylation is 1. The molecule has 0 bridgehead atoms. The maximum Gasteiger partial charge on any atom is 0.253 e. The molecule has 1 saturated heterocycles. The van der Waals surface area contributed by atoms with E-state index in [0.29, 0.717) is 47.0 Å². The van der Waals surface area contributed by atoms with Crippen LogP contribution in [0.4, 0.5) is 5.13 Å². The molecule has 3 aromatic rings. The summed E-state index contributed by atoms with van der Waals surface area (Å²) in [5.41, 5.74) is 1.63. The number of carbonyl (C=O) groups is 1. The average molecular weight is 590 g/mol. The van der Waals surface area contributed by atoms with Crippen molar-refractivity contribution in [1.29, 1.82) is 0 Å². The Kier molecular flexibility index (Phi) is 8.97. The smallest absolute Gasteiger partial charge is 0.253 e. The summed E-state index contributed by atoms with van der Waals surface area (Å²) >= 11 is 14.8. The summed E-state index contributed by atoms with van der Waals surface area (Å²) in [6, 6.07) is 6.04. The molecule has 0 aliphatic carbocycles. The van der Waals surface area contributed by atoms with Crippen LogP contribution >= 0.6 is 45.9 Å². The highest BCUT2D eigenvalue weighted by Gasteiger charge is 2.41. The molecule has 0 saturated carbocycles. The van der Waals surface area contributed by atoms with Crippen LogP contribution in [0.5, 0.6) is 0 Å². The maximum absolute atomic E-state index is 14.1. The van der Waals surface area contributed by atoms with Crippen LogP contribution in [0.25, 0.3) is 10.2 Å². The Morgan fingerprint density at radius 1 is 1.11 bits per heavy atom. The van der Waals surface area contributed by atoms with Crippen LogP contribution in [0.1, 0.15) is 38.7 Å². The molecule has 3 heterocycles. The number of halogens is 2. The second-order valence-electron chi connectivity index (χ2n) is 8.72. The van der Waals surface area contributed by atoms with E-state index < -0.39 is 16.1 Å². The average Bonchev–Trinajstić information content (AvgIpc) is 3.51. The van der Waals surface area contributed by atoms with E-state index in [9.17, 15) is 13.2 Å². The van der Waals surface area contributed by atoms with Crippen molar-refractivity contribution in [2.75, 3.05) is 37.6 Å². The molecule has 1 aromatic carbocycles. The fourth-order valence-electron chi connectivity index (χ4n) is 4.46. The predicted molar refractivity (Wildman–Crippen MR) is 150 cm³/mol. The van der Waals surface area contributed by atoms with E-state index in [0.717, 1.165) is 46.6 Å². The van der Waals surface area contributed by atoms with Crippen molar-refractivity contribution >= 4 is 77.2 Å². The topological polar surface area (TPSA) is 73.8 Å². The lowest BCUT2D eigenvalue weighted by Gasteiger charge is -2.36. The first-order valence-electron chi connectivity index (χ1n) is 12.0. The van der Waals surface area contributed by atoms with Crippen molar-refractivity contribution in [3.63, 3.8) is 0 Å². The monoisotopic (exact) mass is 588 g/mol. The van der Waals surface area contributed by atoms with E-state index in [1.54, 1.807) is 11.0 Å². The van der Waals surface area contributed by atoms with E-state index >= 15 is 0 Å². The number of benzene rings is 1. The van der Waals surface area contributed by atoms with Gasteiger partial charge in [-0.05, 0) is 62.7 Å². The van der Waals surface area contributed by atoms with Gasteiger partial charge >= 0.3 is 0 Å². The molecule has 1 aliphatic heterocycles. The second-order valence-corrected chi connectivity index (χ2v) is 14.0. The predicted octanol–water partition coefficient (Wildman–Crippen LogP) is 5.89. The number of aromatic nitrogens is 1. The molecule has 7 nitrogen and oxygen atoms in total. The lowest BCUT2D eigenvalue weighted by Crippen LogP contribution is -2.54. The van der Waals surface area contributed by atoms with Crippen LogP contribution in [0, 0.1) is 6.92 Å². The van der Waals surface area contributed by atoms with Crippen LogP contribution in [-0.4, -0.2) is 67.3 Å². The molecule has 4 rings (SSSR count). The highest BCUT2D eigenvalue weighted by atomic mass is 35.5. The number of anilines is 1. The van der Waals surface area contributed by atoms with Gasteiger partial charge in [-0.25, -0.2) is 13.4 Å². The van der Waals surface area contributed by atoms with Gasteiger partial charge in [-0.15, -0.1) is 11.3 Å². The molecule has 2 aromatic heterocycles. The van der Waals surface area contributed by atoms with Crippen LogP contribution in [0.3, 0.4) is 0 Å². The number of hydrogen-bond donors (Lipinski definition) is 0. The van der Waals surface area contributed by atoms with Crippen molar-refractivity contribution in [3.8, 4) is 0 Å². The number of piperidine rings is 1. The minimum absolute atomic E-state index is 0.159. The van der Waals surface area contributed by atoms with Crippen molar-refractivity contribution in [2.24, 2.45) is 0 Å². The fraction of sp³-hybridized carbons (Fsp3) is 0.500. The maximum atomic E-state index is 14.1. The number of amides is 1. The number of hydrogen-bond acceptors (Lipinski definition) is 7. The summed E-state index contributed by atoms with van der Waals surface area (Å²) in [4.78, 5) is 22.8. The SMILES string of the molecule is CCN(CC)CCN(C(=O)C1CCCCN1S(=O)(=O)c1ccc(Cl)s1)c1nc2c(C)c(Cl)ccc2s1. The molecule has 1 fully saturated rings. The summed E-state index contributed by atoms with van der Waals surface area (Å²) in [7, 11) is -3.85. The van der Waals surface area contributed by atoms with Gasteiger partial charge in [0.1, 0.15) is 10.3 Å². The third kappa shape index (κ3) is 5.60. The van der Waals surface area contributed by atoms with Gasteiger partial charge in [0, 0.05) is 24.7 Å². The number of thiophene rings is 1. The Balaban J connectivity index is 1.72. The number of nitrogens with zero attached hydrogens (tertiary/aromatic N) is 4. The summed E-state index contributed by atoms with van der Waals surface area (Å²) in [6.45, 7) is 9.17. The summed E-state index contributed by atoms with van der Waals surface area (Å²) in [5.74, 6) is -0.240. The molecule has 1 aliphatic rings. The first kappa shape index (κ1) is 27.8. The minimum Gasteiger partial charge on any atom is -0.302 e. The largest absolute Gasteiger partial charge is 0.302 e. The fourth-order valence-corrected chi connectivity index (χ4v) is 8.93. The number of thiazole rings is 1. The number of rotatable bonds is 9. The molecule has 196 valence electrons. The molecule has 12 heteroatoms. The Morgan fingerprint density at radius 2 is 1.86 bits per heavy atom. The first-order chi connectivity index (χ1) is 17.2.